The molecule has 0 aliphatic heterocycles. The number of anilines is 1. The zero-order valence-corrected chi connectivity index (χ0v) is 25.0. The minimum absolute atomic E-state index is 0.0938. The zero-order chi connectivity index (χ0) is 28.4. The van der Waals surface area contributed by atoms with Gasteiger partial charge in [-0.2, -0.15) is 0 Å². The third kappa shape index (κ3) is 9.21. The van der Waals surface area contributed by atoms with Gasteiger partial charge in [0.05, 0.1) is 11.9 Å². The van der Waals surface area contributed by atoms with Crippen molar-refractivity contribution in [3.8, 4) is 0 Å². The highest BCUT2D eigenvalue weighted by atomic mass is 79.9. The molecular formula is C30H36BrN3O4S. The van der Waals surface area contributed by atoms with Gasteiger partial charge in [-0.3, -0.25) is 13.9 Å². The Hall–Kier alpha value is -3.17. The number of sulfonamides is 1. The molecule has 0 unspecified atom stereocenters. The van der Waals surface area contributed by atoms with Gasteiger partial charge in [0, 0.05) is 36.9 Å². The van der Waals surface area contributed by atoms with Crippen LogP contribution in [0.25, 0.3) is 0 Å². The molecule has 0 radical (unpaired) electrons. The molecule has 0 saturated heterocycles. The van der Waals surface area contributed by atoms with Crippen molar-refractivity contribution in [2.45, 2.75) is 45.7 Å². The second-order valence-corrected chi connectivity index (χ2v) is 12.4. The van der Waals surface area contributed by atoms with Crippen LogP contribution in [0.4, 0.5) is 5.69 Å². The summed E-state index contributed by atoms with van der Waals surface area (Å²) < 4.78 is 27.4. The second-order valence-electron chi connectivity index (χ2n) is 9.53. The van der Waals surface area contributed by atoms with Gasteiger partial charge in [-0.25, -0.2) is 8.42 Å². The quantitative estimate of drug-likeness (QED) is 0.291. The Morgan fingerprint density at radius 3 is 2.28 bits per heavy atom. The molecule has 208 valence electrons. The van der Waals surface area contributed by atoms with E-state index in [0.717, 1.165) is 21.2 Å². The zero-order valence-electron chi connectivity index (χ0n) is 22.6. The molecule has 3 aromatic carbocycles. The first-order valence-corrected chi connectivity index (χ1v) is 15.6. The number of halogens is 1. The van der Waals surface area contributed by atoms with E-state index < -0.39 is 16.1 Å². The first-order chi connectivity index (χ1) is 18.6. The van der Waals surface area contributed by atoms with Gasteiger partial charge in [-0.15, -0.1) is 0 Å². The maximum Gasteiger partial charge on any atom is 0.243 e. The van der Waals surface area contributed by atoms with Crippen LogP contribution in [0.1, 0.15) is 36.5 Å². The number of hydrogen-bond acceptors (Lipinski definition) is 4. The predicted octanol–water partition coefficient (Wildman–Crippen LogP) is 5.08. The van der Waals surface area contributed by atoms with Crippen LogP contribution < -0.4 is 9.62 Å². The molecule has 1 N–H and O–H groups in total. The van der Waals surface area contributed by atoms with Gasteiger partial charge in [0.25, 0.3) is 0 Å². The highest BCUT2D eigenvalue weighted by molar-refractivity contribution is 9.10. The third-order valence-electron chi connectivity index (χ3n) is 6.31. The minimum atomic E-state index is -3.54. The molecule has 0 aliphatic rings. The summed E-state index contributed by atoms with van der Waals surface area (Å²) in [5.41, 5.74) is 3.35. The van der Waals surface area contributed by atoms with E-state index in [1.807, 2.05) is 86.6 Å². The molecule has 0 saturated carbocycles. The Balaban J connectivity index is 1.86. The average molecular weight is 615 g/mol. The van der Waals surface area contributed by atoms with Crippen molar-refractivity contribution >= 4 is 43.5 Å². The van der Waals surface area contributed by atoms with Gasteiger partial charge in [0.1, 0.15) is 6.04 Å². The van der Waals surface area contributed by atoms with Crippen molar-refractivity contribution in [2.24, 2.45) is 0 Å². The van der Waals surface area contributed by atoms with E-state index in [1.54, 1.807) is 11.0 Å². The molecule has 0 bridgehead atoms. The van der Waals surface area contributed by atoms with Crippen LogP contribution in [-0.2, 0) is 32.6 Å². The molecule has 0 aliphatic carbocycles. The van der Waals surface area contributed by atoms with Crippen LogP contribution in [0.2, 0.25) is 0 Å². The molecule has 0 heterocycles. The summed E-state index contributed by atoms with van der Waals surface area (Å²) in [4.78, 5) is 28.7. The summed E-state index contributed by atoms with van der Waals surface area (Å²) in [7, 11) is -3.54. The number of hydrogen-bond donors (Lipinski definition) is 1. The molecule has 2 amide bonds. The Bertz CT molecular complexity index is 1370. The largest absolute Gasteiger partial charge is 0.355 e. The van der Waals surface area contributed by atoms with Crippen molar-refractivity contribution in [3.63, 3.8) is 0 Å². The number of nitrogens with zero attached hydrogens (tertiary/aromatic N) is 2. The number of carbonyl (C=O) groups excluding carboxylic acids is 2. The Morgan fingerprint density at radius 1 is 0.949 bits per heavy atom. The maximum absolute atomic E-state index is 13.8. The number of nitrogens with one attached hydrogen (secondary N) is 1. The lowest BCUT2D eigenvalue weighted by Crippen LogP contribution is -2.50. The predicted molar refractivity (Wildman–Crippen MR) is 160 cm³/mol. The molecule has 3 rings (SSSR count). The number of carbonyl (C=O) groups is 2. The van der Waals surface area contributed by atoms with Crippen molar-refractivity contribution < 1.29 is 18.0 Å². The summed E-state index contributed by atoms with van der Waals surface area (Å²) in [5.74, 6) is -0.429. The van der Waals surface area contributed by atoms with Crippen LogP contribution >= 0.6 is 15.9 Å². The van der Waals surface area contributed by atoms with Gasteiger partial charge in [0.15, 0.2) is 0 Å². The molecule has 7 nitrogen and oxygen atoms in total. The second kappa shape index (κ2) is 14.3. The number of rotatable bonds is 13. The van der Waals surface area contributed by atoms with Gasteiger partial charge < -0.3 is 10.2 Å². The van der Waals surface area contributed by atoms with E-state index in [0.29, 0.717) is 25.1 Å². The monoisotopic (exact) mass is 613 g/mol. The van der Waals surface area contributed by atoms with E-state index in [4.69, 9.17) is 0 Å². The van der Waals surface area contributed by atoms with Crippen LogP contribution in [0, 0.1) is 6.92 Å². The van der Waals surface area contributed by atoms with E-state index in [2.05, 4.69) is 21.2 Å². The number of amides is 2. The summed E-state index contributed by atoms with van der Waals surface area (Å²) in [5, 5.41) is 2.89. The molecule has 3 aromatic rings. The fourth-order valence-corrected chi connectivity index (χ4v) is 5.87. The maximum atomic E-state index is 13.8. The molecular weight excluding hydrogens is 578 g/mol. The number of benzene rings is 3. The molecule has 9 heteroatoms. The van der Waals surface area contributed by atoms with Gasteiger partial charge in [-0.1, -0.05) is 70.5 Å². The van der Waals surface area contributed by atoms with Crippen LogP contribution in [0.3, 0.4) is 0 Å². The average Bonchev–Trinajstić information content (AvgIpc) is 2.88. The molecule has 0 aromatic heterocycles. The van der Waals surface area contributed by atoms with Crippen LogP contribution in [-0.4, -0.2) is 50.5 Å². The van der Waals surface area contributed by atoms with Crippen molar-refractivity contribution in [1.82, 2.24) is 10.2 Å². The summed E-state index contributed by atoms with van der Waals surface area (Å²) >= 11 is 3.49. The van der Waals surface area contributed by atoms with Crippen LogP contribution in [0.15, 0.2) is 83.3 Å². The van der Waals surface area contributed by atoms with Crippen molar-refractivity contribution in [2.75, 3.05) is 23.7 Å². The fourth-order valence-electron chi connectivity index (χ4n) is 4.47. The lowest BCUT2D eigenvalue weighted by molar-refractivity contribution is -0.141. The Labute approximate surface area is 240 Å². The molecule has 39 heavy (non-hydrogen) atoms. The van der Waals surface area contributed by atoms with Gasteiger partial charge >= 0.3 is 0 Å². The topological polar surface area (TPSA) is 86.8 Å². The highest BCUT2D eigenvalue weighted by Crippen LogP contribution is 2.22. The molecule has 0 fully saturated rings. The lowest BCUT2D eigenvalue weighted by Gasteiger charge is -2.32. The summed E-state index contributed by atoms with van der Waals surface area (Å²) in [6.07, 6.45) is 1.94. The highest BCUT2D eigenvalue weighted by Gasteiger charge is 2.30. The molecule has 1 atom stereocenters. The fraction of sp³-hybridized carbons (Fsp3) is 0.333. The lowest BCUT2D eigenvalue weighted by atomic mass is 10.0. The smallest absolute Gasteiger partial charge is 0.243 e. The van der Waals surface area contributed by atoms with Crippen LogP contribution in [0.5, 0.6) is 0 Å². The Kier molecular flexibility index (Phi) is 11.1. The van der Waals surface area contributed by atoms with E-state index in [9.17, 15) is 18.0 Å². The summed E-state index contributed by atoms with van der Waals surface area (Å²) in [6, 6.07) is 23.8. The first-order valence-electron chi connectivity index (χ1n) is 13.0. The Morgan fingerprint density at radius 2 is 1.64 bits per heavy atom. The van der Waals surface area contributed by atoms with Gasteiger partial charge in [0.2, 0.25) is 21.8 Å². The number of aryl methyl sites for hydroxylation is 1. The van der Waals surface area contributed by atoms with Crippen molar-refractivity contribution in [1.29, 1.82) is 0 Å². The van der Waals surface area contributed by atoms with E-state index in [-0.39, 0.29) is 31.3 Å². The minimum Gasteiger partial charge on any atom is -0.355 e. The third-order valence-corrected chi connectivity index (χ3v) is 7.99. The number of likely N-dealkylation sites (N-methyl/N-ethyl adjacent to an activating group) is 1. The summed E-state index contributed by atoms with van der Waals surface area (Å²) in [6.45, 7) is 4.61. The molecule has 0 spiro atoms. The van der Waals surface area contributed by atoms with E-state index >= 15 is 0 Å². The van der Waals surface area contributed by atoms with E-state index in [1.165, 1.54) is 10.6 Å². The first kappa shape index (κ1) is 30.4. The van der Waals surface area contributed by atoms with Gasteiger partial charge in [-0.05, 0) is 61.2 Å². The van der Waals surface area contributed by atoms with Crippen molar-refractivity contribution in [3.05, 3.63) is 100 Å². The SMILES string of the molecule is CCNC(=O)[C@H](Cc1ccccc1)N(Cc1cccc(Br)c1)C(=O)CCCN(c1cccc(C)c1)S(C)(=O)=O. The standard InChI is InChI=1S/C30H36BrN3O4S/c1-4-32-30(36)28(21-24-12-6-5-7-13-24)33(22-25-14-9-15-26(31)20-25)29(35)17-10-18-34(39(3,37)38)27-16-8-11-23(2)19-27/h5-9,11-16,19-20,28H,4,10,17-18,21-22H2,1-3H3,(H,32,36)/t28-/m0/s1. The normalized spacial score (nSPS) is 12.0.